The van der Waals surface area contributed by atoms with Crippen LogP contribution >= 0.6 is 0 Å². The van der Waals surface area contributed by atoms with E-state index in [1.165, 1.54) is 0 Å². The highest BCUT2D eigenvalue weighted by molar-refractivity contribution is 5.91. The van der Waals surface area contributed by atoms with Gasteiger partial charge in [0.2, 0.25) is 11.8 Å². The molecule has 32 heavy (non-hydrogen) atoms. The lowest BCUT2D eigenvalue weighted by Crippen LogP contribution is -2.27. The third kappa shape index (κ3) is 7.86. The van der Waals surface area contributed by atoms with Crippen LogP contribution in [0.25, 0.3) is 0 Å². The lowest BCUT2D eigenvalue weighted by atomic mass is 10.1. The van der Waals surface area contributed by atoms with E-state index in [4.69, 9.17) is 19.6 Å². The summed E-state index contributed by atoms with van der Waals surface area (Å²) in [7, 11) is 1.67. The first-order chi connectivity index (χ1) is 15.3. The van der Waals surface area contributed by atoms with Crippen molar-refractivity contribution in [3.05, 3.63) is 46.5 Å². The largest absolute Gasteiger partial charge is 0.501 e. The number of likely N-dealkylation sites (tertiary alicyclic amines) is 1. The van der Waals surface area contributed by atoms with Crippen molar-refractivity contribution in [2.45, 2.75) is 53.4 Å². The zero-order chi connectivity index (χ0) is 23.5. The van der Waals surface area contributed by atoms with Crippen molar-refractivity contribution in [3.8, 4) is 0 Å². The molecule has 2 aliphatic heterocycles. The highest BCUT2D eigenvalue weighted by atomic mass is 16.5. The van der Waals surface area contributed by atoms with Crippen molar-refractivity contribution in [2.24, 2.45) is 5.92 Å². The molecular weight excluding hydrogens is 406 g/mol. The van der Waals surface area contributed by atoms with Crippen molar-refractivity contribution >= 4 is 11.8 Å². The van der Waals surface area contributed by atoms with E-state index in [1.54, 1.807) is 14.0 Å². The Morgan fingerprint density at radius 3 is 2.69 bits per heavy atom. The highest BCUT2D eigenvalue weighted by Crippen LogP contribution is 2.22. The van der Waals surface area contributed by atoms with Gasteiger partial charge in [-0.3, -0.25) is 10.2 Å². The van der Waals surface area contributed by atoms with Crippen molar-refractivity contribution < 1.29 is 19.0 Å². The second-order valence-corrected chi connectivity index (χ2v) is 8.34. The monoisotopic (exact) mass is 445 g/mol. The predicted octanol–water partition coefficient (Wildman–Crippen LogP) is 4.29. The number of carbonyl (C=O) groups is 1. The van der Waals surface area contributed by atoms with Gasteiger partial charge in [0.05, 0.1) is 32.7 Å². The fourth-order valence-electron chi connectivity index (χ4n) is 3.79. The fraction of sp³-hybridized carbons (Fsp3) is 0.600. The Kier molecular flexibility index (Phi) is 10.5. The number of hydrogen-bond donors (Lipinski definition) is 2. The smallest absolute Gasteiger partial charge is 0.219 e. The van der Waals surface area contributed by atoms with Crippen LogP contribution in [0.1, 0.15) is 53.4 Å². The molecule has 2 rings (SSSR count). The van der Waals surface area contributed by atoms with E-state index in [0.29, 0.717) is 39.2 Å². The first-order valence-electron chi connectivity index (χ1n) is 11.4. The average Bonchev–Trinajstić information content (AvgIpc) is 3.14. The predicted molar refractivity (Wildman–Crippen MR) is 127 cm³/mol. The Labute approximate surface area is 192 Å². The lowest BCUT2D eigenvalue weighted by Gasteiger charge is -2.19. The summed E-state index contributed by atoms with van der Waals surface area (Å²) in [5.74, 6) is 1.44. The standard InChI is InChI=1S/C25H39N3O4/c1-6-7-8-22(15-18(2)19(3)30-5)27-24-11-14-31-13-10-23(24)25(26)32-17-21-9-12-28(16-21)20(4)29/h6-7,15,21,26-27H,8-14,16-17H2,1-5H3/b7-6+,19-18+,22-15+,26-25?. The van der Waals surface area contributed by atoms with Gasteiger partial charge in [-0.2, -0.15) is 0 Å². The van der Waals surface area contributed by atoms with E-state index in [2.05, 4.69) is 17.5 Å². The van der Waals surface area contributed by atoms with E-state index in [0.717, 1.165) is 47.7 Å². The number of amides is 1. The van der Waals surface area contributed by atoms with Gasteiger partial charge in [-0.05, 0) is 38.8 Å². The molecule has 0 spiro atoms. The van der Waals surface area contributed by atoms with Crippen LogP contribution in [-0.4, -0.2) is 56.7 Å². The van der Waals surface area contributed by atoms with Gasteiger partial charge in [0.1, 0.15) is 0 Å². The molecule has 2 heterocycles. The van der Waals surface area contributed by atoms with Gasteiger partial charge in [0.15, 0.2) is 0 Å². The van der Waals surface area contributed by atoms with E-state index in [-0.39, 0.29) is 17.7 Å². The lowest BCUT2D eigenvalue weighted by molar-refractivity contribution is -0.127. The van der Waals surface area contributed by atoms with Gasteiger partial charge < -0.3 is 24.4 Å². The van der Waals surface area contributed by atoms with Gasteiger partial charge in [-0.25, -0.2) is 0 Å². The summed E-state index contributed by atoms with van der Waals surface area (Å²) in [5.41, 5.74) is 3.92. The first-order valence-corrected chi connectivity index (χ1v) is 11.4. The Morgan fingerprint density at radius 1 is 1.28 bits per heavy atom. The number of nitrogens with zero attached hydrogens (tertiary/aromatic N) is 1. The number of ether oxygens (including phenoxy) is 3. The van der Waals surface area contributed by atoms with Crippen molar-refractivity contribution in [3.63, 3.8) is 0 Å². The Morgan fingerprint density at radius 2 is 2.03 bits per heavy atom. The van der Waals surface area contributed by atoms with Crippen LogP contribution < -0.4 is 5.32 Å². The molecule has 0 aromatic rings. The number of allylic oxidation sites excluding steroid dienone is 5. The summed E-state index contributed by atoms with van der Waals surface area (Å²) in [6.07, 6.45) is 9.22. The molecule has 7 nitrogen and oxygen atoms in total. The SMILES string of the molecule is C/C=C/C/C(=C\C(C)=C(/C)OC)NC1=C(C(=N)OCC2CCN(C(C)=O)C2)CCOCC1. The van der Waals surface area contributed by atoms with Crippen molar-refractivity contribution in [2.75, 3.05) is 40.0 Å². The minimum Gasteiger partial charge on any atom is -0.501 e. The second kappa shape index (κ2) is 13.1. The van der Waals surface area contributed by atoms with Gasteiger partial charge in [0.25, 0.3) is 0 Å². The molecule has 1 saturated heterocycles. The van der Waals surface area contributed by atoms with Gasteiger partial charge in [-0.15, -0.1) is 0 Å². The molecule has 1 fully saturated rings. The topological polar surface area (TPSA) is 83.9 Å². The Balaban J connectivity index is 2.16. The molecule has 0 bridgehead atoms. The molecule has 1 atom stereocenters. The van der Waals surface area contributed by atoms with Gasteiger partial charge >= 0.3 is 0 Å². The van der Waals surface area contributed by atoms with Crippen LogP contribution in [0.4, 0.5) is 0 Å². The number of methoxy groups -OCH3 is 1. The maximum absolute atomic E-state index is 11.6. The van der Waals surface area contributed by atoms with E-state index < -0.39 is 0 Å². The third-order valence-corrected chi connectivity index (χ3v) is 5.96. The molecule has 1 unspecified atom stereocenters. The van der Waals surface area contributed by atoms with Crippen molar-refractivity contribution in [1.82, 2.24) is 10.2 Å². The molecule has 0 aromatic carbocycles. The van der Waals surface area contributed by atoms with Crippen molar-refractivity contribution in [1.29, 1.82) is 5.41 Å². The maximum Gasteiger partial charge on any atom is 0.219 e. The second-order valence-electron chi connectivity index (χ2n) is 8.34. The number of nitrogens with one attached hydrogen (secondary N) is 2. The molecule has 2 N–H and O–H groups in total. The summed E-state index contributed by atoms with van der Waals surface area (Å²) in [4.78, 5) is 13.4. The molecule has 2 aliphatic rings. The van der Waals surface area contributed by atoms with Gasteiger partial charge in [0, 0.05) is 62.2 Å². The number of hydrogen-bond acceptors (Lipinski definition) is 6. The maximum atomic E-state index is 11.6. The summed E-state index contributed by atoms with van der Waals surface area (Å²) in [6, 6.07) is 0. The molecule has 178 valence electrons. The van der Waals surface area contributed by atoms with Crippen LogP contribution in [-0.2, 0) is 19.0 Å². The molecule has 0 aliphatic carbocycles. The fourth-order valence-corrected chi connectivity index (χ4v) is 3.79. The molecule has 0 aromatic heterocycles. The molecule has 7 heteroatoms. The Bertz CT molecular complexity index is 795. The summed E-state index contributed by atoms with van der Waals surface area (Å²) < 4.78 is 17.0. The average molecular weight is 446 g/mol. The third-order valence-electron chi connectivity index (χ3n) is 5.96. The van der Waals surface area contributed by atoms with E-state index in [9.17, 15) is 4.79 Å². The van der Waals surface area contributed by atoms with E-state index >= 15 is 0 Å². The molecular formula is C25H39N3O4. The number of rotatable bonds is 9. The summed E-state index contributed by atoms with van der Waals surface area (Å²) in [5, 5.41) is 12.2. The van der Waals surface area contributed by atoms with Crippen LogP contribution in [0.3, 0.4) is 0 Å². The normalized spacial score (nSPS) is 20.8. The van der Waals surface area contributed by atoms with Crippen LogP contribution in [0, 0.1) is 11.3 Å². The van der Waals surface area contributed by atoms with Crippen LogP contribution in [0.2, 0.25) is 0 Å². The summed E-state index contributed by atoms with van der Waals surface area (Å²) >= 11 is 0. The van der Waals surface area contributed by atoms with Crippen LogP contribution in [0.5, 0.6) is 0 Å². The molecule has 1 amide bonds. The highest BCUT2D eigenvalue weighted by Gasteiger charge is 2.26. The van der Waals surface area contributed by atoms with Gasteiger partial charge in [-0.1, -0.05) is 12.2 Å². The van der Waals surface area contributed by atoms with E-state index in [1.807, 2.05) is 31.7 Å². The minimum atomic E-state index is 0.103. The zero-order valence-corrected chi connectivity index (χ0v) is 20.3. The molecule has 0 saturated carbocycles. The summed E-state index contributed by atoms with van der Waals surface area (Å²) in [6.45, 7) is 10.7. The first kappa shape index (κ1) is 25.7. The quantitative estimate of drug-likeness (QED) is 0.182. The molecule has 0 radical (unpaired) electrons. The minimum absolute atomic E-state index is 0.103. The number of carbonyl (C=O) groups excluding carboxylic acids is 1. The Hall–Kier alpha value is -2.54. The zero-order valence-electron chi connectivity index (χ0n) is 20.3. The van der Waals surface area contributed by atoms with Crippen LogP contribution in [0.15, 0.2) is 46.5 Å².